The van der Waals surface area contributed by atoms with Crippen molar-refractivity contribution in [2.24, 2.45) is 5.92 Å². The minimum Gasteiger partial charge on any atom is -0.457 e. The van der Waals surface area contributed by atoms with Crippen molar-refractivity contribution < 1.29 is 27.4 Å². The van der Waals surface area contributed by atoms with Crippen molar-refractivity contribution >= 4 is 5.97 Å². The number of aromatic nitrogens is 3. The molecule has 5 rings (SSSR count). The van der Waals surface area contributed by atoms with Crippen LogP contribution in [0, 0.1) is 5.92 Å². The molecule has 1 atom stereocenters. The van der Waals surface area contributed by atoms with Crippen LogP contribution in [0.1, 0.15) is 30.1 Å². The van der Waals surface area contributed by atoms with Gasteiger partial charge in [-0.15, -0.1) is 18.3 Å². The van der Waals surface area contributed by atoms with E-state index in [1.807, 2.05) is 54.6 Å². The summed E-state index contributed by atoms with van der Waals surface area (Å²) in [7, 11) is 0. The summed E-state index contributed by atoms with van der Waals surface area (Å²) < 4.78 is 48.2. The van der Waals surface area contributed by atoms with Gasteiger partial charge in [0.05, 0.1) is 12.1 Å². The molecule has 184 valence electrons. The number of carbonyl (C=O) groups is 1. The number of benzene rings is 3. The van der Waals surface area contributed by atoms with Crippen molar-refractivity contribution in [3.05, 3.63) is 96.3 Å². The summed E-state index contributed by atoms with van der Waals surface area (Å²) in [5.74, 6) is 0.239. The Morgan fingerprint density at radius 3 is 2.31 bits per heavy atom. The first-order chi connectivity index (χ1) is 17.3. The van der Waals surface area contributed by atoms with Gasteiger partial charge in [-0.1, -0.05) is 54.6 Å². The van der Waals surface area contributed by atoms with Gasteiger partial charge >= 0.3 is 12.3 Å². The van der Waals surface area contributed by atoms with E-state index >= 15 is 0 Å². The van der Waals surface area contributed by atoms with Crippen molar-refractivity contribution in [3.8, 4) is 22.8 Å². The molecule has 0 saturated heterocycles. The third-order valence-corrected chi connectivity index (χ3v) is 5.82. The Morgan fingerprint density at radius 2 is 1.67 bits per heavy atom. The highest BCUT2D eigenvalue weighted by Gasteiger charge is 2.35. The number of carbonyl (C=O) groups excluding carboxylic acids is 1. The van der Waals surface area contributed by atoms with E-state index < -0.39 is 6.36 Å². The average molecular weight is 493 g/mol. The predicted molar refractivity (Wildman–Crippen MR) is 125 cm³/mol. The van der Waals surface area contributed by atoms with Crippen LogP contribution >= 0.6 is 0 Å². The monoisotopic (exact) mass is 493 g/mol. The van der Waals surface area contributed by atoms with E-state index in [4.69, 9.17) is 4.74 Å². The molecule has 1 heterocycles. The van der Waals surface area contributed by atoms with Gasteiger partial charge in [-0.3, -0.25) is 4.79 Å². The molecule has 1 aliphatic carbocycles. The highest BCUT2D eigenvalue weighted by molar-refractivity contribution is 5.73. The molecule has 0 spiro atoms. The van der Waals surface area contributed by atoms with Crippen molar-refractivity contribution in [1.29, 1.82) is 0 Å². The van der Waals surface area contributed by atoms with Crippen LogP contribution in [0.5, 0.6) is 5.75 Å². The zero-order valence-corrected chi connectivity index (χ0v) is 19.1. The third kappa shape index (κ3) is 5.91. The van der Waals surface area contributed by atoms with Crippen LogP contribution < -0.4 is 4.74 Å². The minimum absolute atomic E-state index is 0.157. The Kier molecular flexibility index (Phi) is 6.45. The van der Waals surface area contributed by atoms with Crippen molar-refractivity contribution in [3.63, 3.8) is 0 Å². The molecule has 0 bridgehead atoms. The van der Waals surface area contributed by atoms with Gasteiger partial charge in [0.2, 0.25) is 0 Å². The van der Waals surface area contributed by atoms with E-state index in [1.165, 1.54) is 35.3 Å². The van der Waals surface area contributed by atoms with Gasteiger partial charge in [-0.25, -0.2) is 9.67 Å². The Hall–Kier alpha value is -4.14. The molecule has 1 saturated carbocycles. The lowest BCUT2D eigenvalue weighted by molar-refractivity contribution is -0.274. The SMILES string of the molecule is O=C(Cc1ccc(-c2ncn(-c3ccc(OC(F)(F)F)cc3)n2)cc1)OC(c1ccccc1)C1CC1. The van der Waals surface area contributed by atoms with Crippen molar-refractivity contribution in [2.45, 2.75) is 31.7 Å². The van der Waals surface area contributed by atoms with E-state index in [1.54, 1.807) is 0 Å². The number of halogens is 3. The molecule has 36 heavy (non-hydrogen) atoms. The van der Waals surface area contributed by atoms with Gasteiger partial charge in [0.25, 0.3) is 0 Å². The summed E-state index contributed by atoms with van der Waals surface area (Å²) in [6.45, 7) is 0. The molecule has 0 aliphatic heterocycles. The van der Waals surface area contributed by atoms with E-state index in [0.717, 1.165) is 29.5 Å². The molecule has 1 unspecified atom stereocenters. The topological polar surface area (TPSA) is 66.2 Å². The lowest BCUT2D eigenvalue weighted by atomic mass is 10.1. The standard InChI is InChI=1S/C27H22F3N3O3/c28-27(29,30)36-23-14-12-22(13-15-23)33-17-31-26(32-33)21-8-6-18(7-9-21)16-24(34)35-25(20-10-11-20)19-4-2-1-3-5-19/h1-9,12-15,17,20,25H,10-11,16H2. The average Bonchev–Trinajstić information content (AvgIpc) is 3.59. The molecule has 0 radical (unpaired) electrons. The molecule has 0 N–H and O–H groups in total. The second-order valence-corrected chi connectivity index (χ2v) is 8.59. The Bertz CT molecular complexity index is 1320. The first kappa shape index (κ1) is 23.6. The summed E-state index contributed by atoms with van der Waals surface area (Å²) in [5, 5.41) is 4.40. The summed E-state index contributed by atoms with van der Waals surface area (Å²) in [5.41, 5.74) is 3.10. The van der Waals surface area contributed by atoms with E-state index in [0.29, 0.717) is 17.4 Å². The summed E-state index contributed by atoms with van der Waals surface area (Å²) in [6, 6.07) is 22.4. The summed E-state index contributed by atoms with van der Waals surface area (Å²) >= 11 is 0. The number of nitrogens with zero attached hydrogens (tertiary/aromatic N) is 3. The minimum atomic E-state index is -4.74. The second-order valence-electron chi connectivity index (χ2n) is 8.59. The summed E-state index contributed by atoms with van der Waals surface area (Å²) in [4.78, 5) is 16.9. The quantitative estimate of drug-likeness (QED) is 0.279. The number of ether oxygens (including phenoxy) is 2. The molecular weight excluding hydrogens is 471 g/mol. The maximum Gasteiger partial charge on any atom is 0.573 e. The van der Waals surface area contributed by atoms with E-state index in [2.05, 4.69) is 14.8 Å². The molecule has 1 fully saturated rings. The van der Waals surface area contributed by atoms with Crippen LogP contribution in [0.25, 0.3) is 17.1 Å². The number of hydrogen-bond donors (Lipinski definition) is 0. The largest absolute Gasteiger partial charge is 0.573 e. The van der Waals surface area contributed by atoms with Gasteiger partial charge in [0.15, 0.2) is 5.82 Å². The maximum absolute atomic E-state index is 12.6. The molecule has 4 aromatic rings. The molecule has 9 heteroatoms. The molecule has 3 aromatic carbocycles. The van der Waals surface area contributed by atoms with Gasteiger partial charge in [-0.05, 0) is 48.2 Å². The third-order valence-electron chi connectivity index (χ3n) is 5.82. The van der Waals surface area contributed by atoms with Crippen LogP contribution in [0.2, 0.25) is 0 Å². The highest BCUT2D eigenvalue weighted by atomic mass is 19.4. The predicted octanol–water partition coefficient (Wildman–Crippen LogP) is 6.07. The van der Waals surface area contributed by atoms with Gasteiger partial charge in [0, 0.05) is 11.5 Å². The molecule has 1 aromatic heterocycles. The van der Waals surface area contributed by atoms with Crippen molar-refractivity contribution in [1.82, 2.24) is 14.8 Å². The fraction of sp³-hybridized carbons (Fsp3) is 0.222. The van der Waals surface area contributed by atoms with E-state index in [-0.39, 0.29) is 24.2 Å². The Balaban J connectivity index is 1.21. The molecule has 0 amide bonds. The van der Waals surface area contributed by atoms with Crippen LogP contribution in [-0.4, -0.2) is 27.1 Å². The van der Waals surface area contributed by atoms with Gasteiger partial charge in [-0.2, -0.15) is 0 Å². The molecule has 6 nitrogen and oxygen atoms in total. The first-order valence-electron chi connectivity index (χ1n) is 11.5. The molecule has 1 aliphatic rings. The van der Waals surface area contributed by atoms with Crippen LogP contribution in [0.3, 0.4) is 0 Å². The second kappa shape index (κ2) is 9.85. The fourth-order valence-corrected chi connectivity index (χ4v) is 3.92. The number of esters is 1. The zero-order chi connectivity index (χ0) is 25.1. The number of rotatable bonds is 8. The van der Waals surface area contributed by atoms with E-state index in [9.17, 15) is 18.0 Å². The molecular formula is C27H22F3N3O3. The smallest absolute Gasteiger partial charge is 0.457 e. The fourth-order valence-electron chi connectivity index (χ4n) is 3.92. The van der Waals surface area contributed by atoms with Crippen LogP contribution in [0.15, 0.2) is 85.2 Å². The number of alkyl halides is 3. The normalized spacial score (nSPS) is 14.3. The highest BCUT2D eigenvalue weighted by Crippen LogP contribution is 2.43. The van der Waals surface area contributed by atoms with Crippen LogP contribution in [0.4, 0.5) is 13.2 Å². The lowest BCUT2D eigenvalue weighted by Gasteiger charge is -2.18. The van der Waals surface area contributed by atoms with Gasteiger partial charge < -0.3 is 9.47 Å². The Morgan fingerprint density at radius 1 is 0.972 bits per heavy atom. The first-order valence-corrected chi connectivity index (χ1v) is 11.5. The number of hydrogen-bond acceptors (Lipinski definition) is 5. The summed E-state index contributed by atoms with van der Waals surface area (Å²) in [6.07, 6.45) is -1.20. The van der Waals surface area contributed by atoms with Crippen molar-refractivity contribution in [2.75, 3.05) is 0 Å². The van der Waals surface area contributed by atoms with Gasteiger partial charge in [0.1, 0.15) is 18.2 Å². The van der Waals surface area contributed by atoms with Crippen LogP contribution in [-0.2, 0) is 16.0 Å². The zero-order valence-electron chi connectivity index (χ0n) is 19.1. The lowest BCUT2D eigenvalue weighted by Crippen LogP contribution is -2.17. The maximum atomic E-state index is 12.6. The Labute approximate surface area is 205 Å².